The molecule has 4 rings (SSSR count). The number of piperidine rings is 1. The average molecular weight is 385 g/mol. The number of hydrogen-bond acceptors (Lipinski definition) is 4. The molecule has 0 saturated carbocycles. The van der Waals surface area contributed by atoms with Crippen molar-refractivity contribution in [2.45, 2.75) is 31.7 Å². The van der Waals surface area contributed by atoms with E-state index in [4.69, 9.17) is 5.73 Å². The van der Waals surface area contributed by atoms with Crippen LogP contribution in [-0.2, 0) is 0 Å². The molecule has 1 aromatic carbocycles. The molecular formula is C20H21F2N5O. The Bertz CT molecular complexity index is 989. The highest BCUT2D eigenvalue weighted by Gasteiger charge is 2.29. The molecule has 1 amide bonds. The van der Waals surface area contributed by atoms with Crippen molar-refractivity contribution in [1.29, 1.82) is 0 Å². The van der Waals surface area contributed by atoms with Crippen LogP contribution in [0.3, 0.4) is 0 Å². The fraction of sp³-hybridized carbons (Fsp3) is 0.350. The predicted molar refractivity (Wildman–Crippen MR) is 101 cm³/mol. The molecule has 0 radical (unpaired) electrons. The van der Waals surface area contributed by atoms with Crippen molar-refractivity contribution in [1.82, 2.24) is 19.5 Å². The van der Waals surface area contributed by atoms with Crippen LogP contribution in [0.2, 0.25) is 0 Å². The van der Waals surface area contributed by atoms with Crippen molar-refractivity contribution in [2.24, 2.45) is 5.73 Å². The summed E-state index contributed by atoms with van der Waals surface area (Å²) in [6.45, 7) is 0.966. The molecule has 1 atom stereocenters. The molecule has 1 saturated heterocycles. The summed E-state index contributed by atoms with van der Waals surface area (Å²) >= 11 is 0. The highest BCUT2D eigenvalue weighted by Crippen LogP contribution is 2.28. The van der Waals surface area contributed by atoms with Crippen LogP contribution < -0.4 is 5.73 Å². The fourth-order valence-corrected chi connectivity index (χ4v) is 3.73. The van der Waals surface area contributed by atoms with Crippen molar-refractivity contribution in [3.63, 3.8) is 0 Å². The lowest BCUT2D eigenvalue weighted by molar-refractivity contribution is 0.0625. The van der Waals surface area contributed by atoms with Crippen LogP contribution in [0, 0.1) is 0 Å². The van der Waals surface area contributed by atoms with Crippen LogP contribution in [0.5, 0.6) is 0 Å². The molecule has 6 nitrogen and oxygen atoms in total. The molecule has 1 aliphatic rings. The number of nitrogens with two attached hydrogens (primary N) is 1. The van der Waals surface area contributed by atoms with E-state index in [-0.39, 0.29) is 28.9 Å². The number of amides is 1. The van der Waals surface area contributed by atoms with Gasteiger partial charge in [-0.05, 0) is 25.3 Å². The average Bonchev–Trinajstić information content (AvgIpc) is 3.17. The van der Waals surface area contributed by atoms with Crippen molar-refractivity contribution >= 4 is 11.6 Å². The summed E-state index contributed by atoms with van der Waals surface area (Å²) in [4.78, 5) is 18.9. The van der Waals surface area contributed by atoms with E-state index in [0.717, 1.165) is 24.8 Å². The van der Waals surface area contributed by atoms with Gasteiger partial charge in [-0.2, -0.15) is 5.10 Å². The highest BCUT2D eigenvalue weighted by atomic mass is 19.3. The largest absolute Gasteiger partial charge is 0.334 e. The molecule has 0 unspecified atom stereocenters. The van der Waals surface area contributed by atoms with Crippen LogP contribution in [0.25, 0.3) is 16.9 Å². The molecule has 3 heterocycles. The third-order valence-corrected chi connectivity index (χ3v) is 5.18. The van der Waals surface area contributed by atoms with Gasteiger partial charge in [0.25, 0.3) is 12.3 Å². The third kappa shape index (κ3) is 3.24. The van der Waals surface area contributed by atoms with Crippen molar-refractivity contribution < 1.29 is 13.6 Å². The van der Waals surface area contributed by atoms with E-state index in [1.54, 1.807) is 4.90 Å². The van der Waals surface area contributed by atoms with Crippen molar-refractivity contribution in [3.05, 3.63) is 53.9 Å². The number of alkyl halides is 2. The maximum Gasteiger partial charge on any atom is 0.280 e. The smallest absolute Gasteiger partial charge is 0.280 e. The Hall–Kier alpha value is -2.87. The SMILES string of the molecule is NC[C@@H]1CCCCN1C(=O)c1cnn2c(-c3ccccc3)cc(C(F)F)nc12. The number of hydrogen-bond donors (Lipinski definition) is 1. The maximum atomic E-state index is 13.5. The lowest BCUT2D eigenvalue weighted by Gasteiger charge is -2.34. The molecule has 1 aliphatic heterocycles. The summed E-state index contributed by atoms with van der Waals surface area (Å²) < 4.78 is 28.4. The topological polar surface area (TPSA) is 76.5 Å². The van der Waals surface area contributed by atoms with Crippen LogP contribution >= 0.6 is 0 Å². The Balaban J connectivity index is 1.84. The van der Waals surface area contributed by atoms with Crippen molar-refractivity contribution in [2.75, 3.05) is 13.1 Å². The van der Waals surface area contributed by atoms with E-state index in [9.17, 15) is 13.6 Å². The first-order valence-corrected chi connectivity index (χ1v) is 9.33. The third-order valence-electron chi connectivity index (χ3n) is 5.18. The van der Waals surface area contributed by atoms with Gasteiger partial charge in [0.15, 0.2) is 5.65 Å². The first-order valence-electron chi connectivity index (χ1n) is 9.33. The van der Waals surface area contributed by atoms with Gasteiger partial charge in [-0.15, -0.1) is 0 Å². The monoisotopic (exact) mass is 385 g/mol. The van der Waals surface area contributed by atoms with Gasteiger partial charge in [0.05, 0.1) is 11.9 Å². The molecule has 2 aromatic heterocycles. The van der Waals surface area contributed by atoms with Crippen LogP contribution in [0.15, 0.2) is 42.6 Å². The summed E-state index contributed by atoms with van der Waals surface area (Å²) in [5.41, 5.74) is 7.00. The molecular weight excluding hydrogens is 364 g/mol. The molecule has 1 fully saturated rings. The van der Waals surface area contributed by atoms with Gasteiger partial charge < -0.3 is 10.6 Å². The minimum atomic E-state index is -2.75. The minimum absolute atomic E-state index is 0.0527. The number of halogens is 2. The number of carbonyl (C=O) groups excluding carboxylic acids is 1. The molecule has 2 N–H and O–H groups in total. The molecule has 0 aliphatic carbocycles. The van der Waals surface area contributed by atoms with Crippen molar-refractivity contribution in [3.8, 4) is 11.3 Å². The minimum Gasteiger partial charge on any atom is -0.334 e. The summed E-state index contributed by atoms with van der Waals surface area (Å²) in [7, 11) is 0. The number of likely N-dealkylation sites (tertiary alicyclic amines) is 1. The summed E-state index contributed by atoms with van der Waals surface area (Å²) in [6, 6.07) is 10.4. The lowest BCUT2D eigenvalue weighted by atomic mass is 10.0. The molecule has 8 heteroatoms. The summed E-state index contributed by atoms with van der Waals surface area (Å²) in [5, 5.41) is 4.29. The Morgan fingerprint density at radius 1 is 1.25 bits per heavy atom. The zero-order valence-corrected chi connectivity index (χ0v) is 15.3. The van der Waals surface area contributed by atoms with Gasteiger partial charge in [0.1, 0.15) is 11.3 Å². The number of benzene rings is 1. The molecule has 146 valence electrons. The van der Waals surface area contributed by atoms with Crippen LogP contribution in [0.1, 0.15) is 41.7 Å². The quantitative estimate of drug-likeness (QED) is 0.748. The Morgan fingerprint density at radius 3 is 2.75 bits per heavy atom. The Morgan fingerprint density at radius 2 is 2.04 bits per heavy atom. The molecule has 0 bridgehead atoms. The van der Waals surface area contributed by atoms with E-state index in [1.807, 2.05) is 30.3 Å². The first-order chi connectivity index (χ1) is 13.6. The zero-order valence-electron chi connectivity index (χ0n) is 15.3. The molecule has 0 spiro atoms. The van der Waals surface area contributed by atoms with Crippen LogP contribution in [0.4, 0.5) is 8.78 Å². The zero-order chi connectivity index (χ0) is 19.7. The Labute approximate surface area is 161 Å². The van der Waals surface area contributed by atoms with Gasteiger partial charge in [-0.25, -0.2) is 18.3 Å². The van der Waals surface area contributed by atoms with Gasteiger partial charge in [0.2, 0.25) is 0 Å². The van der Waals surface area contributed by atoms with Gasteiger partial charge in [0, 0.05) is 24.7 Å². The number of carbonyl (C=O) groups is 1. The number of nitrogens with zero attached hydrogens (tertiary/aromatic N) is 4. The fourth-order valence-electron chi connectivity index (χ4n) is 3.73. The Kier molecular flexibility index (Phi) is 5.04. The second-order valence-electron chi connectivity index (χ2n) is 6.91. The number of rotatable bonds is 4. The van der Waals surface area contributed by atoms with E-state index >= 15 is 0 Å². The highest BCUT2D eigenvalue weighted by molar-refractivity contribution is 6.00. The predicted octanol–water partition coefficient (Wildman–Crippen LogP) is 3.29. The summed E-state index contributed by atoms with van der Waals surface area (Å²) in [5.74, 6) is -0.261. The maximum absolute atomic E-state index is 13.5. The van der Waals surface area contributed by atoms with E-state index < -0.39 is 6.43 Å². The normalized spacial score (nSPS) is 17.4. The number of aromatic nitrogens is 3. The summed E-state index contributed by atoms with van der Waals surface area (Å²) in [6.07, 6.45) is 1.41. The van der Waals surface area contributed by atoms with Gasteiger partial charge in [-0.1, -0.05) is 30.3 Å². The van der Waals surface area contributed by atoms with E-state index in [1.165, 1.54) is 16.8 Å². The molecule has 3 aromatic rings. The van der Waals surface area contributed by atoms with E-state index in [0.29, 0.717) is 18.8 Å². The first kappa shape index (κ1) is 18.5. The van der Waals surface area contributed by atoms with Gasteiger partial charge >= 0.3 is 0 Å². The standard InChI is InChI=1S/C20H21F2N5O/c21-18(22)16-10-17(13-6-2-1-3-7-13)27-19(25-16)15(12-24-27)20(28)26-9-5-4-8-14(26)11-23/h1-3,6-7,10,12,14,18H,4-5,8-9,11,23H2/t14-/m0/s1. The second kappa shape index (κ2) is 7.63. The lowest BCUT2D eigenvalue weighted by Crippen LogP contribution is -2.47. The van der Waals surface area contributed by atoms with E-state index in [2.05, 4.69) is 10.1 Å². The van der Waals surface area contributed by atoms with Crippen LogP contribution in [-0.4, -0.2) is 44.5 Å². The molecule has 28 heavy (non-hydrogen) atoms. The second-order valence-corrected chi connectivity index (χ2v) is 6.91. The van der Waals surface area contributed by atoms with Gasteiger partial charge in [-0.3, -0.25) is 4.79 Å². The number of fused-ring (bicyclic) bond motifs is 1.